The highest BCUT2D eigenvalue weighted by Crippen LogP contribution is 2.26. The maximum absolute atomic E-state index is 12.1. The topological polar surface area (TPSA) is 46.9 Å². The Kier molecular flexibility index (Phi) is 4.40. The molecular formula is C18H25N3O. The minimum atomic E-state index is -0.0761. The number of benzene rings is 1. The summed E-state index contributed by atoms with van der Waals surface area (Å²) in [5.74, 6) is 0.639. The van der Waals surface area contributed by atoms with Gasteiger partial charge in [-0.1, -0.05) is 52.3 Å². The first-order valence-corrected chi connectivity index (χ1v) is 7.67. The molecule has 1 aromatic heterocycles. The molecule has 0 spiro atoms. The summed E-state index contributed by atoms with van der Waals surface area (Å²) >= 11 is 0. The van der Waals surface area contributed by atoms with Crippen molar-refractivity contribution in [3.8, 4) is 5.69 Å². The van der Waals surface area contributed by atoms with E-state index in [1.807, 2.05) is 44.2 Å². The highest BCUT2D eigenvalue weighted by molar-refractivity contribution is 5.91. The first-order valence-electron chi connectivity index (χ1n) is 7.67. The maximum Gasteiger partial charge on any atom is 0.228 e. The van der Waals surface area contributed by atoms with Crippen molar-refractivity contribution in [2.24, 2.45) is 5.92 Å². The Morgan fingerprint density at radius 3 is 2.27 bits per heavy atom. The van der Waals surface area contributed by atoms with Gasteiger partial charge in [0.25, 0.3) is 0 Å². The van der Waals surface area contributed by atoms with Crippen molar-refractivity contribution in [3.05, 3.63) is 41.6 Å². The molecule has 1 heterocycles. The maximum atomic E-state index is 12.1. The van der Waals surface area contributed by atoms with Gasteiger partial charge in [-0.25, -0.2) is 4.68 Å². The minimum Gasteiger partial charge on any atom is -0.310 e. The molecule has 0 unspecified atom stereocenters. The van der Waals surface area contributed by atoms with Gasteiger partial charge in [0.05, 0.1) is 11.4 Å². The van der Waals surface area contributed by atoms with Crippen molar-refractivity contribution in [2.45, 2.75) is 47.0 Å². The zero-order valence-corrected chi connectivity index (χ0v) is 14.3. The molecule has 0 bridgehead atoms. The molecule has 2 aromatic rings. The number of carbonyl (C=O) groups excluding carboxylic acids is 1. The molecule has 0 aliphatic heterocycles. The van der Waals surface area contributed by atoms with E-state index in [0.717, 1.165) is 11.4 Å². The van der Waals surface area contributed by atoms with Crippen LogP contribution in [0.25, 0.3) is 5.69 Å². The number of nitrogens with zero attached hydrogens (tertiary/aromatic N) is 2. The third kappa shape index (κ3) is 3.56. The summed E-state index contributed by atoms with van der Waals surface area (Å²) in [4.78, 5) is 12.1. The molecule has 4 nitrogen and oxygen atoms in total. The lowest BCUT2D eigenvalue weighted by Gasteiger charge is -2.14. The van der Waals surface area contributed by atoms with Crippen LogP contribution in [-0.2, 0) is 10.2 Å². The highest BCUT2D eigenvalue weighted by Gasteiger charge is 2.21. The first-order chi connectivity index (χ1) is 10.2. The number of rotatable bonds is 3. The zero-order chi connectivity index (χ0) is 16.5. The summed E-state index contributed by atoms with van der Waals surface area (Å²) in [5.41, 5.74) is 3.01. The number of amides is 1. The normalized spacial score (nSPS) is 11.8. The van der Waals surface area contributed by atoms with E-state index in [2.05, 4.69) is 33.0 Å². The van der Waals surface area contributed by atoms with Crippen LogP contribution in [0.2, 0.25) is 0 Å². The van der Waals surface area contributed by atoms with Crippen molar-refractivity contribution < 1.29 is 4.79 Å². The quantitative estimate of drug-likeness (QED) is 0.928. The fourth-order valence-corrected chi connectivity index (χ4v) is 1.99. The van der Waals surface area contributed by atoms with E-state index < -0.39 is 0 Å². The van der Waals surface area contributed by atoms with E-state index in [0.29, 0.717) is 5.82 Å². The zero-order valence-electron chi connectivity index (χ0n) is 14.3. The van der Waals surface area contributed by atoms with Crippen LogP contribution in [0.15, 0.2) is 30.3 Å². The van der Waals surface area contributed by atoms with Crippen molar-refractivity contribution in [1.82, 2.24) is 9.78 Å². The van der Waals surface area contributed by atoms with Crippen LogP contribution in [0, 0.1) is 12.8 Å². The van der Waals surface area contributed by atoms with Gasteiger partial charge in [-0.3, -0.25) is 4.79 Å². The van der Waals surface area contributed by atoms with E-state index in [4.69, 9.17) is 5.10 Å². The van der Waals surface area contributed by atoms with Crippen LogP contribution in [-0.4, -0.2) is 15.7 Å². The van der Waals surface area contributed by atoms with Crippen molar-refractivity contribution in [2.75, 3.05) is 5.32 Å². The van der Waals surface area contributed by atoms with Gasteiger partial charge in [-0.2, -0.15) is 5.10 Å². The molecule has 22 heavy (non-hydrogen) atoms. The molecule has 0 atom stereocenters. The molecule has 1 amide bonds. The number of anilines is 1. The molecule has 0 fully saturated rings. The Bertz CT molecular complexity index is 661. The Morgan fingerprint density at radius 2 is 1.77 bits per heavy atom. The monoisotopic (exact) mass is 299 g/mol. The molecule has 118 valence electrons. The lowest BCUT2D eigenvalue weighted by atomic mass is 9.92. The van der Waals surface area contributed by atoms with E-state index in [1.54, 1.807) is 4.68 Å². The molecule has 4 heteroatoms. The number of hydrogen-bond donors (Lipinski definition) is 1. The predicted octanol–water partition coefficient (Wildman–Crippen LogP) is 4.07. The lowest BCUT2D eigenvalue weighted by Crippen LogP contribution is -2.19. The average Bonchev–Trinajstić information content (AvgIpc) is 2.83. The van der Waals surface area contributed by atoms with Gasteiger partial charge in [0.2, 0.25) is 5.91 Å². The molecule has 0 saturated heterocycles. The van der Waals surface area contributed by atoms with E-state index in [9.17, 15) is 4.79 Å². The average molecular weight is 299 g/mol. The molecule has 2 rings (SSSR count). The van der Waals surface area contributed by atoms with Crippen LogP contribution in [0.4, 0.5) is 5.82 Å². The van der Waals surface area contributed by atoms with Gasteiger partial charge >= 0.3 is 0 Å². The minimum absolute atomic E-state index is 0.00581. The van der Waals surface area contributed by atoms with Crippen LogP contribution in [0.5, 0.6) is 0 Å². The first kappa shape index (κ1) is 16.3. The summed E-state index contributed by atoms with van der Waals surface area (Å²) in [6.07, 6.45) is 0. The molecule has 0 aliphatic rings. The largest absolute Gasteiger partial charge is 0.310 e. The Hall–Kier alpha value is -2.10. The van der Waals surface area contributed by atoms with Crippen molar-refractivity contribution >= 4 is 11.7 Å². The number of aryl methyl sites for hydroxylation is 1. The number of carbonyl (C=O) groups is 1. The SMILES string of the molecule is Cc1ccc(-n2nc(C(C)(C)C)cc2NC(=O)C(C)C)cc1. The molecule has 1 N–H and O–H groups in total. The van der Waals surface area contributed by atoms with Gasteiger partial charge in [-0.15, -0.1) is 0 Å². The summed E-state index contributed by atoms with van der Waals surface area (Å²) in [6.45, 7) is 12.2. The summed E-state index contributed by atoms with van der Waals surface area (Å²) < 4.78 is 1.81. The molecule has 0 aliphatic carbocycles. The summed E-state index contributed by atoms with van der Waals surface area (Å²) in [5, 5.41) is 7.67. The van der Waals surface area contributed by atoms with Gasteiger partial charge in [0, 0.05) is 17.4 Å². The van der Waals surface area contributed by atoms with Crippen molar-refractivity contribution in [1.29, 1.82) is 0 Å². The van der Waals surface area contributed by atoms with Crippen LogP contribution in [0.3, 0.4) is 0 Å². The molecule has 1 aromatic carbocycles. The lowest BCUT2D eigenvalue weighted by molar-refractivity contribution is -0.118. The molecule has 0 radical (unpaired) electrons. The van der Waals surface area contributed by atoms with Gasteiger partial charge in [-0.05, 0) is 19.1 Å². The number of nitrogens with one attached hydrogen (secondary N) is 1. The second kappa shape index (κ2) is 5.95. The highest BCUT2D eigenvalue weighted by atomic mass is 16.1. The summed E-state index contributed by atoms with van der Waals surface area (Å²) in [6, 6.07) is 10.1. The Morgan fingerprint density at radius 1 is 1.18 bits per heavy atom. The van der Waals surface area contributed by atoms with Crippen LogP contribution < -0.4 is 5.32 Å². The predicted molar refractivity (Wildman–Crippen MR) is 90.5 cm³/mol. The smallest absolute Gasteiger partial charge is 0.228 e. The summed E-state index contributed by atoms with van der Waals surface area (Å²) in [7, 11) is 0. The van der Waals surface area contributed by atoms with Gasteiger partial charge in [0.15, 0.2) is 0 Å². The van der Waals surface area contributed by atoms with Gasteiger partial charge in [0.1, 0.15) is 5.82 Å². The van der Waals surface area contributed by atoms with E-state index in [1.165, 1.54) is 5.56 Å². The molecule has 0 saturated carbocycles. The van der Waals surface area contributed by atoms with Gasteiger partial charge < -0.3 is 5.32 Å². The molecular weight excluding hydrogens is 274 g/mol. The second-order valence-electron chi connectivity index (χ2n) is 7.06. The van der Waals surface area contributed by atoms with Crippen LogP contribution in [0.1, 0.15) is 45.9 Å². The Balaban J connectivity index is 2.48. The third-order valence-corrected chi connectivity index (χ3v) is 3.53. The Labute approximate surface area is 132 Å². The van der Waals surface area contributed by atoms with Crippen LogP contribution >= 0.6 is 0 Å². The van der Waals surface area contributed by atoms with Crippen molar-refractivity contribution in [3.63, 3.8) is 0 Å². The number of aromatic nitrogens is 2. The fraction of sp³-hybridized carbons (Fsp3) is 0.444. The fourth-order valence-electron chi connectivity index (χ4n) is 1.99. The standard InChI is InChI=1S/C18H25N3O/c1-12(2)17(22)19-16-11-15(18(4,5)6)20-21(16)14-9-7-13(3)8-10-14/h7-12H,1-6H3,(H,19,22). The number of hydrogen-bond acceptors (Lipinski definition) is 2. The second-order valence-corrected chi connectivity index (χ2v) is 7.06. The van der Waals surface area contributed by atoms with E-state index >= 15 is 0 Å². The van der Waals surface area contributed by atoms with E-state index in [-0.39, 0.29) is 17.2 Å². The third-order valence-electron chi connectivity index (χ3n) is 3.53.